The van der Waals surface area contributed by atoms with E-state index in [1.807, 2.05) is 6.92 Å². The molecule has 0 aromatic rings. The molecule has 0 amide bonds. The lowest BCUT2D eigenvalue weighted by Gasteiger charge is -2.00. The zero-order valence-electron chi connectivity index (χ0n) is 6.13. The third-order valence-corrected chi connectivity index (χ3v) is 1.70. The van der Waals surface area contributed by atoms with Crippen LogP contribution in [0.15, 0.2) is 12.8 Å². The van der Waals surface area contributed by atoms with Gasteiger partial charge in [-0.15, -0.1) is 0 Å². The van der Waals surface area contributed by atoms with Gasteiger partial charge in [0, 0.05) is 0 Å². The summed E-state index contributed by atoms with van der Waals surface area (Å²) < 4.78 is 19.8. The molecule has 0 aliphatic heterocycles. The van der Waals surface area contributed by atoms with Crippen LogP contribution >= 0.6 is 8.25 Å². The maximum Gasteiger partial charge on any atom is 0.367 e. The van der Waals surface area contributed by atoms with Crippen molar-refractivity contribution in [2.24, 2.45) is 0 Å². The largest absolute Gasteiger partial charge is 0.435 e. The van der Waals surface area contributed by atoms with Crippen LogP contribution in [0, 0.1) is 0 Å². The molecule has 0 radical (unpaired) electrons. The molecule has 0 heterocycles. The summed E-state index contributed by atoms with van der Waals surface area (Å²) in [5.74, 6) is 0. The van der Waals surface area contributed by atoms with Gasteiger partial charge in [0.15, 0.2) is 0 Å². The molecule has 0 aliphatic carbocycles. The average Bonchev–Trinajstić information content (AvgIpc) is 1.89. The van der Waals surface area contributed by atoms with E-state index in [-0.39, 0.29) is 0 Å². The van der Waals surface area contributed by atoms with E-state index in [0.717, 1.165) is 19.1 Å². The van der Waals surface area contributed by atoms with Gasteiger partial charge < -0.3 is 9.05 Å². The van der Waals surface area contributed by atoms with Crippen LogP contribution in [0.25, 0.3) is 0 Å². The van der Waals surface area contributed by atoms with Crippen molar-refractivity contribution < 1.29 is 13.6 Å². The Morgan fingerprint density at radius 2 is 2.40 bits per heavy atom. The fourth-order valence-corrected chi connectivity index (χ4v) is 0.917. The quantitative estimate of drug-likeness (QED) is 0.343. The molecular weight excluding hydrogens is 151 g/mol. The Morgan fingerprint density at radius 1 is 1.70 bits per heavy atom. The van der Waals surface area contributed by atoms with Gasteiger partial charge in [-0.1, -0.05) is 19.9 Å². The summed E-state index contributed by atoms with van der Waals surface area (Å²) in [4.78, 5) is 0. The van der Waals surface area contributed by atoms with E-state index in [1.165, 1.54) is 0 Å². The van der Waals surface area contributed by atoms with Crippen LogP contribution in [0.3, 0.4) is 0 Å². The first kappa shape index (κ1) is 9.73. The van der Waals surface area contributed by atoms with Crippen LogP contribution in [-0.4, -0.2) is 6.61 Å². The first-order valence-electron chi connectivity index (χ1n) is 3.25. The molecule has 0 aromatic heterocycles. The van der Waals surface area contributed by atoms with Crippen molar-refractivity contribution in [3.8, 4) is 0 Å². The second-order valence-electron chi connectivity index (χ2n) is 1.74. The minimum absolute atomic E-state index is 0.502. The normalized spacial score (nSPS) is 12.5. The monoisotopic (exact) mass is 164 g/mol. The molecule has 0 saturated carbocycles. The first-order valence-corrected chi connectivity index (χ1v) is 4.48. The second kappa shape index (κ2) is 6.84. The zero-order chi connectivity index (χ0) is 7.82. The third kappa shape index (κ3) is 5.86. The topological polar surface area (TPSA) is 35.5 Å². The number of rotatable bonds is 6. The lowest BCUT2D eigenvalue weighted by molar-refractivity contribution is 0.267. The van der Waals surface area contributed by atoms with Crippen molar-refractivity contribution in [1.29, 1.82) is 0 Å². The Morgan fingerprint density at radius 3 is 2.90 bits per heavy atom. The first-order chi connectivity index (χ1) is 4.81. The van der Waals surface area contributed by atoms with Crippen LogP contribution in [-0.2, 0) is 13.6 Å². The van der Waals surface area contributed by atoms with E-state index in [9.17, 15) is 4.57 Å². The maximum atomic E-state index is 10.6. The van der Waals surface area contributed by atoms with Crippen LogP contribution < -0.4 is 0 Å². The van der Waals surface area contributed by atoms with Crippen LogP contribution in [0.2, 0.25) is 0 Å². The van der Waals surface area contributed by atoms with E-state index in [4.69, 9.17) is 4.52 Å². The molecule has 1 atom stereocenters. The second-order valence-corrected chi connectivity index (χ2v) is 2.76. The maximum absolute atomic E-state index is 10.6. The molecule has 0 N–H and O–H groups in total. The minimum Gasteiger partial charge on any atom is -0.435 e. The Balaban J connectivity index is 3.13. The molecule has 0 saturated heterocycles. The Kier molecular flexibility index (Phi) is 6.66. The van der Waals surface area contributed by atoms with Gasteiger partial charge in [0.1, 0.15) is 0 Å². The van der Waals surface area contributed by atoms with Crippen LogP contribution in [0.5, 0.6) is 0 Å². The smallest absolute Gasteiger partial charge is 0.367 e. The molecule has 0 fully saturated rings. The highest BCUT2D eigenvalue weighted by atomic mass is 31.1. The van der Waals surface area contributed by atoms with E-state index in [0.29, 0.717) is 6.61 Å². The van der Waals surface area contributed by atoms with Gasteiger partial charge in [-0.05, 0) is 6.42 Å². The number of hydrogen-bond acceptors (Lipinski definition) is 3. The molecule has 0 spiro atoms. The molecule has 3 nitrogen and oxygen atoms in total. The fourth-order valence-electron chi connectivity index (χ4n) is 0.402. The van der Waals surface area contributed by atoms with Gasteiger partial charge in [-0.25, -0.2) is 4.57 Å². The molecule has 1 unspecified atom stereocenters. The molecule has 0 rings (SSSR count). The molecular formula is C6H13O3P. The Bertz CT molecular complexity index is 114. The van der Waals surface area contributed by atoms with Crippen molar-refractivity contribution in [2.75, 3.05) is 6.61 Å². The summed E-state index contributed by atoms with van der Waals surface area (Å²) in [6.07, 6.45) is 3.08. The highest BCUT2D eigenvalue weighted by molar-refractivity contribution is 7.33. The summed E-state index contributed by atoms with van der Waals surface area (Å²) in [5, 5.41) is 0. The predicted molar refractivity (Wildman–Crippen MR) is 41.1 cm³/mol. The van der Waals surface area contributed by atoms with Gasteiger partial charge in [0.25, 0.3) is 0 Å². The summed E-state index contributed by atoms with van der Waals surface area (Å²) in [6, 6.07) is 0. The highest BCUT2D eigenvalue weighted by Crippen LogP contribution is 2.23. The van der Waals surface area contributed by atoms with E-state index >= 15 is 0 Å². The van der Waals surface area contributed by atoms with Crippen molar-refractivity contribution in [2.45, 2.75) is 19.8 Å². The van der Waals surface area contributed by atoms with Crippen LogP contribution in [0.4, 0.5) is 0 Å². The van der Waals surface area contributed by atoms with E-state index in [2.05, 4.69) is 11.1 Å². The minimum atomic E-state index is -2.28. The molecule has 60 valence electrons. The average molecular weight is 164 g/mol. The van der Waals surface area contributed by atoms with Crippen molar-refractivity contribution in [3.63, 3.8) is 0 Å². The van der Waals surface area contributed by atoms with Crippen LogP contribution in [0.1, 0.15) is 19.8 Å². The number of unbranched alkanes of at least 4 members (excludes halogenated alkanes) is 1. The number of hydrogen-bond donors (Lipinski definition) is 0. The van der Waals surface area contributed by atoms with E-state index < -0.39 is 8.25 Å². The van der Waals surface area contributed by atoms with Crippen molar-refractivity contribution in [3.05, 3.63) is 12.8 Å². The lowest BCUT2D eigenvalue weighted by atomic mass is 10.4. The Hall–Kier alpha value is -0.270. The summed E-state index contributed by atoms with van der Waals surface area (Å²) in [7, 11) is -2.28. The van der Waals surface area contributed by atoms with Gasteiger partial charge in [0.2, 0.25) is 0 Å². The molecule has 4 heteroatoms. The van der Waals surface area contributed by atoms with Gasteiger partial charge in [-0.3, -0.25) is 0 Å². The highest BCUT2D eigenvalue weighted by Gasteiger charge is 1.93. The standard InChI is InChI=1S/C6H13O3P/c1-3-5-6-9-10(7)8-4-2/h4,10H,2-3,5-6H2,1H3. The molecule has 10 heavy (non-hydrogen) atoms. The van der Waals surface area contributed by atoms with E-state index in [1.54, 1.807) is 0 Å². The SMILES string of the molecule is C=CO[PH](=O)OCCCC. The molecule has 0 aliphatic rings. The predicted octanol–water partition coefficient (Wildman–Crippen LogP) is 2.35. The summed E-state index contributed by atoms with van der Waals surface area (Å²) in [5.41, 5.74) is 0. The van der Waals surface area contributed by atoms with Gasteiger partial charge in [0.05, 0.1) is 12.9 Å². The fraction of sp³-hybridized carbons (Fsp3) is 0.667. The molecule has 0 aromatic carbocycles. The summed E-state index contributed by atoms with van der Waals surface area (Å²) in [6.45, 7) is 5.79. The zero-order valence-corrected chi connectivity index (χ0v) is 7.13. The Labute approximate surface area is 62.0 Å². The third-order valence-electron chi connectivity index (χ3n) is 0.897. The van der Waals surface area contributed by atoms with Gasteiger partial charge in [-0.2, -0.15) is 0 Å². The van der Waals surface area contributed by atoms with Crippen molar-refractivity contribution >= 4 is 8.25 Å². The van der Waals surface area contributed by atoms with Gasteiger partial charge >= 0.3 is 8.25 Å². The summed E-state index contributed by atoms with van der Waals surface area (Å²) >= 11 is 0. The lowest BCUT2D eigenvalue weighted by Crippen LogP contribution is -1.84. The van der Waals surface area contributed by atoms with Crippen molar-refractivity contribution in [1.82, 2.24) is 0 Å². The molecule has 0 bridgehead atoms.